The first-order chi connectivity index (χ1) is 10.2. The van der Waals surface area contributed by atoms with Gasteiger partial charge in [0.25, 0.3) is 0 Å². The molecule has 3 nitrogen and oxygen atoms in total. The van der Waals surface area contributed by atoms with Gasteiger partial charge in [-0.2, -0.15) is 5.10 Å². The number of rotatable bonds is 3. The van der Waals surface area contributed by atoms with Crippen LogP contribution < -0.4 is 0 Å². The van der Waals surface area contributed by atoms with Crippen LogP contribution in [0.2, 0.25) is 0 Å². The highest BCUT2D eigenvalue weighted by Crippen LogP contribution is 2.30. The van der Waals surface area contributed by atoms with E-state index in [2.05, 4.69) is 21.0 Å². The van der Waals surface area contributed by atoms with Crippen molar-refractivity contribution >= 4 is 15.9 Å². The monoisotopic (exact) mass is 346 g/mol. The quantitative estimate of drug-likeness (QED) is 0.781. The van der Waals surface area contributed by atoms with Crippen LogP contribution in [0.5, 0.6) is 0 Å². The van der Waals surface area contributed by atoms with Crippen LogP contribution in [0, 0.1) is 5.82 Å². The van der Waals surface area contributed by atoms with Gasteiger partial charge in [0.05, 0.1) is 11.9 Å². The molecule has 1 N–H and O–H groups in total. The second-order valence-electron chi connectivity index (χ2n) is 4.59. The van der Waals surface area contributed by atoms with Crippen LogP contribution in [0.15, 0.2) is 65.4 Å². The average Bonchev–Trinajstić information content (AvgIpc) is 2.97. The summed E-state index contributed by atoms with van der Waals surface area (Å²) in [6, 6.07) is 14.1. The van der Waals surface area contributed by atoms with Crippen LogP contribution in [0.25, 0.3) is 5.69 Å². The average molecular weight is 347 g/mol. The van der Waals surface area contributed by atoms with Gasteiger partial charge in [-0.05, 0) is 24.3 Å². The van der Waals surface area contributed by atoms with Crippen molar-refractivity contribution in [2.45, 2.75) is 6.10 Å². The molecule has 1 aromatic heterocycles. The molecule has 2 aromatic carbocycles. The Morgan fingerprint density at radius 3 is 2.57 bits per heavy atom. The summed E-state index contributed by atoms with van der Waals surface area (Å²) in [5, 5.41) is 14.6. The molecular weight excluding hydrogens is 335 g/mol. The molecule has 0 aliphatic carbocycles. The molecule has 0 saturated heterocycles. The maximum atomic E-state index is 13.9. The number of hydrogen-bond acceptors (Lipinski definition) is 2. The number of halogens is 2. The number of aliphatic hydroxyl groups is 1. The van der Waals surface area contributed by atoms with E-state index < -0.39 is 11.9 Å². The first kappa shape index (κ1) is 14.0. The van der Waals surface area contributed by atoms with Crippen LogP contribution in [0.3, 0.4) is 0 Å². The molecule has 0 fully saturated rings. The van der Waals surface area contributed by atoms with Gasteiger partial charge >= 0.3 is 0 Å². The molecule has 1 unspecified atom stereocenters. The standard InChI is InChI=1S/C16H12BrFN2O/c17-13-7-4-8-14(18)15(13)16(21)11-9-19-20(10-11)12-5-2-1-3-6-12/h1-10,16,21H. The Morgan fingerprint density at radius 1 is 1.10 bits per heavy atom. The van der Waals surface area contributed by atoms with Gasteiger partial charge < -0.3 is 5.11 Å². The van der Waals surface area contributed by atoms with E-state index in [1.54, 1.807) is 23.0 Å². The molecule has 0 aliphatic heterocycles. The van der Waals surface area contributed by atoms with E-state index in [-0.39, 0.29) is 5.56 Å². The third kappa shape index (κ3) is 2.75. The topological polar surface area (TPSA) is 38.1 Å². The van der Waals surface area contributed by atoms with Crippen molar-refractivity contribution in [2.24, 2.45) is 0 Å². The van der Waals surface area contributed by atoms with E-state index in [0.29, 0.717) is 10.0 Å². The number of benzene rings is 2. The third-order valence-electron chi connectivity index (χ3n) is 3.21. The largest absolute Gasteiger partial charge is 0.383 e. The van der Waals surface area contributed by atoms with Crippen LogP contribution in [-0.4, -0.2) is 14.9 Å². The molecule has 106 valence electrons. The molecule has 0 spiro atoms. The van der Waals surface area contributed by atoms with E-state index in [0.717, 1.165) is 5.69 Å². The first-order valence-corrected chi connectivity index (χ1v) is 7.18. The first-order valence-electron chi connectivity index (χ1n) is 6.39. The number of aromatic nitrogens is 2. The lowest BCUT2D eigenvalue weighted by Gasteiger charge is -2.12. The molecule has 0 bridgehead atoms. The summed E-state index contributed by atoms with van der Waals surface area (Å²) in [6.45, 7) is 0. The van der Waals surface area contributed by atoms with E-state index in [4.69, 9.17) is 0 Å². The highest BCUT2D eigenvalue weighted by molar-refractivity contribution is 9.10. The van der Waals surface area contributed by atoms with Crippen LogP contribution in [-0.2, 0) is 0 Å². The second kappa shape index (κ2) is 5.79. The summed E-state index contributed by atoms with van der Waals surface area (Å²) in [5.41, 5.74) is 1.62. The van der Waals surface area contributed by atoms with Crippen molar-refractivity contribution in [2.75, 3.05) is 0 Å². The number of nitrogens with zero attached hydrogens (tertiary/aromatic N) is 2. The molecule has 3 rings (SSSR count). The number of hydrogen-bond donors (Lipinski definition) is 1. The van der Waals surface area contributed by atoms with Gasteiger partial charge in [-0.3, -0.25) is 0 Å². The molecule has 0 amide bonds. The maximum absolute atomic E-state index is 13.9. The Balaban J connectivity index is 1.97. The van der Waals surface area contributed by atoms with E-state index in [1.165, 1.54) is 12.3 Å². The minimum Gasteiger partial charge on any atom is -0.383 e. The van der Waals surface area contributed by atoms with Gasteiger partial charge in [0.2, 0.25) is 0 Å². The minimum absolute atomic E-state index is 0.213. The molecule has 0 aliphatic rings. The van der Waals surface area contributed by atoms with E-state index in [1.807, 2.05) is 30.3 Å². The predicted octanol–water partition coefficient (Wildman–Crippen LogP) is 3.86. The van der Waals surface area contributed by atoms with Crippen molar-refractivity contribution in [3.05, 3.63) is 82.3 Å². The highest BCUT2D eigenvalue weighted by Gasteiger charge is 2.19. The molecule has 21 heavy (non-hydrogen) atoms. The molecule has 1 heterocycles. The molecule has 1 atom stereocenters. The zero-order valence-corrected chi connectivity index (χ0v) is 12.5. The lowest BCUT2D eigenvalue weighted by atomic mass is 10.0. The molecule has 3 aromatic rings. The van der Waals surface area contributed by atoms with Gasteiger partial charge in [0, 0.05) is 21.8 Å². The normalized spacial score (nSPS) is 12.3. The Hall–Kier alpha value is -1.98. The van der Waals surface area contributed by atoms with Crippen LogP contribution in [0.4, 0.5) is 4.39 Å². The van der Waals surface area contributed by atoms with Crippen molar-refractivity contribution in [3.8, 4) is 5.69 Å². The minimum atomic E-state index is -1.07. The molecule has 0 radical (unpaired) electrons. The third-order valence-corrected chi connectivity index (χ3v) is 3.90. The summed E-state index contributed by atoms with van der Waals surface area (Å²) in [4.78, 5) is 0. The van der Waals surface area contributed by atoms with Crippen LogP contribution >= 0.6 is 15.9 Å². The zero-order chi connectivity index (χ0) is 14.8. The second-order valence-corrected chi connectivity index (χ2v) is 5.45. The summed E-state index contributed by atoms with van der Waals surface area (Å²) < 4.78 is 16.1. The lowest BCUT2D eigenvalue weighted by Crippen LogP contribution is -2.03. The zero-order valence-electron chi connectivity index (χ0n) is 10.9. The number of para-hydroxylation sites is 1. The van der Waals surface area contributed by atoms with Gasteiger partial charge in [0.15, 0.2) is 0 Å². The SMILES string of the molecule is OC(c1cnn(-c2ccccc2)c1)c1c(F)cccc1Br. The van der Waals surface area contributed by atoms with Gasteiger partial charge in [-0.25, -0.2) is 9.07 Å². The Morgan fingerprint density at radius 2 is 1.86 bits per heavy atom. The summed E-state index contributed by atoms with van der Waals surface area (Å²) >= 11 is 3.27. The molecule has 0 saturated carbocycles. The smallest absolute Gasteiger partial charge is 0.130 e. The molecule has 5 heteroatoms. The number of aliphatic hydroxyl groups excluding tert-OH is 1. The van der Waals surface area contributed by atoms with Gasteiger partial charge in [-0.15, -0.1) is 0 Å². The molecular formula is C16H12BrFN2O. The fourth-order valence-electron chi connectivity index (χ4n) is 2.14. The summed E-state index contributed by atoms with van der Waals surface area (Å²) in [5.74, 6) is -0.454. The van der Waals surface area contributed by atoms with Crippen molar-refractivity contribution in [1.29, 1.82) is 0 Å². The Kier molecular flexibility index (Phi) is 3.86. The van der Waals surface area contributed by atoms with Crippen molar-refractivity contribution < 1.29 is 9.50 Å². The van der Waals surface area contributed by atoms with Crippen LogP contribution in [0.1, 0.15) is 17.2 Å². The highest BCUT2D eigenvalue weighted by atomic mass is 79.9. The Bertz CT molecular complexity index is 738. The maximum Gasteiger partial charge on any atom is 0.130 e. The summed E-state index contributed by atoms with van der Waals surface area (Å²) in [6.07, 6.45) is 2.16. The predicted molar refractivity (Wildman–Crippen MR) is 81.7 cm³/mol. The van der Waals surface area contributed by atoms with E-state index in [9.17, 15) is 9.50 Å². The van der Waals surface area contributed by atoms with Gasteiger partial charge in [-0.1, -0.05) is 40.2 Å². The fourth-order valence-corrected chi connectivity index (χ4v) is 2.70. The van der Waals surface area contributed by atoms with Crippen molar-refractivity contribution in [1.82, 2.24) is 9.78 Å². The fraction of sp³-hybridized carbons (Fsp3) is 0.0625. The lowest BCUT2D eigenvalue weighted by molar-refractivity contribution is 0.214. The van der Waals surface area contributed by atoms with Gasteiger partial charge in [0.1, 0.15) is 11.9 Å². The Labute approximate surface area is 129 Å². The van der Waals surface area contributed by atoms with E-state index >= 15 is 0 Å². The summed E-state index contributed by atoms with van der Waals surface area (Å²) in [7, 11) is 0. The van der Waals surface area contributed by atoms with Crippen molar-refractivity contribution in [3.63, 3.8) is 0 Å².